The Morgan fingerprint density at radius 3 is 1.81 bits per heavy atom. The molecule has 0 aliphatic carbocycles. The van der Waals surface area contributed by atoms with E-state index in [1.54, 1.807) is 23.2 Å². The van der Waals surface area contributed by atoms with Crippen LogP contribution in [0.3, 0.4) is 0 Å². The van der Waals surface area contributed by atoms with Gasteiger partial charge >= 0.3 is 0 Å². The van der Waals surface area contributed by atoms with Gasteiger partial charge in [-0.3, -0.25) is 9.59 Å². The van der Waals surface area contributed by atoms with Gasteiger partial charge in [0.05, 0.1) is 11.0 Å². The van der Waals surface area contributed by atoms with Gasteiger partial charge < -0.3 is 9.13 Å². The molecule has 126 valence electrons. The predicted octanol–water partition coefficient (Wildman–Crippen LogP) is 3.70. The van der Waals surface area contributed by atoms with Crippen LogP contribution in [0.2, 0.25) is 0 Å². The highest BCUT2D eigenvalue weighted by Gasteiger charge is 2.15. The molecule has 5 rings (SSSR count). The Morgan fingerprint density at radius 2 is 1.12 bits per heavy atom. The van der Waals surface area contributed by atoms with Crippen LogP contribution < -0.4 is 11.1 Å². The first-order valence-electron chi connectivity index (χ1n) is 8.51. The van der Waals surface area contributed by atoms with Crippen molar-refractivity contribution in [3.63, 3.8) is 0 Å². The fraction of sp³-hybridized carbons (Fsp3) is 0.0909. The third-order valence-electron chi connectivity index (χ3n) is 5.34. The topological polar surface area (TPSA) is 44.0 Å². The minimum absolute atomic E-state index is 0.0291. The van der Waals surface area contributed by atoms with Gasteiger partial charge in [0.15, 0.2) is 0 Å². The minimum Gasteiger partial charge on any atom is -0.311 e. The number of benzene rings is 3. The number of pyridine rings is 2. The Kier molecular flexibility index (Phi) is 2.89. The Hall–Kier alpha value is -3.40. The summed E-state index contributed by atoms with van der Waals surface area (Å²) in [6.45, 7) is 0. The molecule has 0 unspecified atom stereocenters. The molecule has 0 fully saturated rings. The molecule has 0 N–H and O–H groups in total. The van der Waals surface area contributed by atoms with Gasteiger partial charge in [-0.15, -0.1) is 0 Å². The van der Waals surface area contributed by atoms with Crippen LogP contribution in [0.25, 0.3) is 43.4 Å². The molecular weight excluding hydrogens is 324 g/mol. The largest absolute Gasteiger partial charge is 0.311 e. The fourth-order valence-electron chi connectivity index (χ4n) is 4.06. The molecular formula is C22H16N2O2. The van der Waals surface area contributed by atoms with Gasteiger partial charge in [-0.1, -0.05) is 42.5 Å². The van der Waals surface area contributed by atoms with Crippen LogP contribution in [0.5, 0.6) is 0 Å². The Balaban J connectivity index is 2.25. The summed E-state index contributed by atoms with van der Waals surface area (Å²) in [5.41, 5.74) is 1.63. The zero-order valence-corrected chi connectivity index (χ0v) is 14.5. The molecule has 5 aromatic rings. The average Bonchev–Trinajstić information content (AvgIpc) is 2.69. The van der Waals surface area contributed by atoms with Gasteiger partial charge in [-0.2, -0.15) is 0 Å². The summed E-state index contributed by atoms with van der Waals surface area (Å²) >= 11 is 0. The maximum atomic E-state index is 13.0. The quantitative estimate of drug-likeness (QED) is 0.404. The number of hydrogen-bond acceptors (Lipinski definition) is 2. The fourth-order valence-corrected chi connectivity index (χ4v) is 4.06. The Bertz CT molecular complexity index is 1490. The molecule has 0 bridgehead atoms. The van der Waals surface area contributed by atoms with Gasteiger partial charge in [-0.25, -0.2) is 0 Å². The Labute approximate surface area is 148 Å². The molecule has 0 amide bonds. The summed E-state index contributed by atoms with van der Waals surface area (Å²) in [7, 11) is 3.58. The maximum Gasteiger partial charge on any atom is 0.258 e. The van der Waals surface area contributed by atoms with Crippen molar-refractivity contribution in [2.45, 2.75) is 0 Å². The molecule has 0 radical (unpaired) electrons. The lowest BCUT2D eigenvalue weighted by Crippen LogP contribution is -2.20. The van der Waals surface area contributed by atoms with E-state index < -0.39 is 0 Å². The molecule has 0 aliphatic heterocycles. The normalized spacial score (nSPS) is 11.8. The van der Waals surface area contributed by atoms with Gasteiger partial charge in [0.25, 0.3) is 11.1 Å². The first-order valence-corrected chi connectivity index (χ1v) is 8.51. The van der Waals surface area contributed by atoms with Crippen LogP contribution in [0.4, 0.5) is 0 Å². The lowest BCUT2D eigenvalue weighted by atomic mass is 9.99. The molecule has 0 spiro atoms. The van der Waals surface area contributed by atoms with Gasteiger partial charge in [-0.05, 0) is 29.0 Å². The average molecular weight is 340 g/mol. The molecule has 2 heterocycles. The van der Waals surface area contributed by atoms with E-state index in [2.05, 4.69) is 0 Å². The van der Waals surface area contributed by atoms with E-state index >= 15 is 0 Å². The minimum atomic E-state index is -0.0294. The van der Waals surface area contributed by atoms with E-state index in [0.29, 0.717) is 10.8 Å². The molecule has 0 saturated heterocycles. The number of fused-ring (bicyclic) bond motifs is 7. The maximum absolute atomic E-state index is 13.0. The third kappa shape index (κ3) is 1.73. The number of aryl methyl sites for hydroxylation is 2. The second-order valence-electron chi connectivity index (χ2n) is 6.68. The summed E-state index contributed by atoms with van der Waals surface area (Å²) in [5.74, 6) is 0. The first-order chi connectivity index (χ1) is 12.6. The van der Waals surface area contributed by atoms with Crippen molar-refractivity contribution in [3.8, 4) is 0 Å². The van der Waals surface area contributed by atoms with E-state index in [9.17, 15) is 9.59 Å². The van der Waals surface area contributed by atoms with Gasteiger partial charge in [0.2, 0.25) is 0 Å². The highest BCUT2D eigenvalue weighted by atomic mass is 16.1. The summed E-state index contributed by atoms with van der Waals surface area (Å²) in [4.78, 5) is 25.7. The monoisotopic (exact) mass is 340 g/mol. The Morgan fingerprint density at radius 1 is 0.577 bits per heavy atom. The molecule has 2 aromatic heterocycles. The van der Waals surface area contributed by atoms with E-state index in [4.69, 9.17) is 0 Å². The SMILES string of the molecule is Cn1c(=O)c2ccccc2c2c1ccc1c3ccccc3c(=O)n(C)c12. The van der Waals surface area contributed by atoms with Crippen molar-refractivity contribution in [1.82, 2.24) is 9.13 Å². The summed E-state index contributed by atoms with van der Waals surface area (Å²) < 4.78 is 3.37. The molecule has 4 nitrogen and oxygen atoms in total. The zero-order chi connectivity index (χ0) is 18.0. The zero-order valence-electron chi connectivity index (χ0n) is 14.5. The molecule has 3 aromatic carbocycles. The first kappa shape index (κ1) is 14.9. The van der Waals surface area contributed by atoms with Crippen molar-refractivity contribution in [2.24, 2.45) is 14.1 Å². The molecule has 4 heteroatoms. The van der Waals surface area contributed by atoms with E-state index in [0.717, 1.165) is 32.6 Å². The predicted molar refractivity (Wildman–Crippen MR) is 107 cm³/mol. The van der Waals surface area contributed by atoms with Crippen LogP contribution >= 0.6 is 0 Å². The molecule has 0 aliphatic rings. The van der Waals surface area contributed by atoms with Crippen molar-refractivity contribution < 1.29 is 0 Å². The van der Waals surface area contributed by atoms with Gasteiger partial charge in [0, 0.05) is 35.6 Å². The highest BCUT2D eigenvalue weighted by Crippen LogP contribution is 2.32. The van der Waals surface area contributed by atoms with Crippen LogP contribution in [-0.4, -0.2) is 9.13 Å². The highest BCUT2D eigenvalue weighted by molar-refractivity contribution is 6.22. The van der Waals surface area contributed by atoms with Crippen LogP contribution in [-0.2, 0) is 14.1 Å². The van der Waals surface area contributed by atoms with Crippen LogP contribution in [0.1, 0.15) is 0 Å². The summed E-state index contributed by atoms with van der Waals surface area (Å²) in [6.07, 6.45) is 0. The molecule has 26 heavy (non-hydrogen) atoms. The van der Waals surface area contributed by atoms with E-state index in [1.165, 1.54) is 0 Å². The number of hydrogen-bond donors (Lipinski definition) is 0. The number of nitrogens with zero attached hydrogens (tertiary/aromatic N) is 2. The van der Waals surface area contributed by atoms with Crippen molar-refractivity contribution in [1.29, 1.82) is 0 Å². The second kappa shape index (κ2) is 5.05. The molecule has 0 saturated carbocycles. The van der Waals surface area contributed by atoms with E-state index in [1.807, 2.05) is 60.7 Å². The molecule has 0 atom stereocenters. The smallest absolute Gasteiger partial charge is 0.258 e. The van der Waals surface area contributed by atoms with E-state index in [-0.39, 0.29) is 11.1 Å². The van der Waals surface area contributed by atoms with Gasteiger partial charge in [0.1, 0.15) is 0 Å². The number of aromatic nitrogens is 2. The standard InChI is InChI=1S/C22H16N2O2/c1-23-18-12-11-15-13-7-3-5-9-16(13)22(26)24(2)20(15)19(18)14-8-4-6-10-17(14)21(23)25/h3-12H,1-2H3. The number of rotatable bonds is 0. The van der Waals surface area contributed by atoms with Crippen LogP contribution in [0.15, 0.2) is 70.3 Å². The second-order valence-corrected chi connectivity index (χ2v) is 6.68. The van der Waals surface area contributed by atoms with Crippen LogP contribution in [0, 0.1) is 0 Å². The summed E-state index contributed by atoms with van der Waals surface area (Å²) in [6, 6.07) is 19.3. The lowest BCUT2D eigenvalue weighted by Gasteiger charge is -2.15. The summed E-state index contributed by atoms with van der Waals surface area (Å²) in [5, 5.41) is 5.13. The van der Waals surface area contributed by atoms with Crippen molar-refractivity contribution in [2.75, 3.05) is 0 Å². The lowest BCUT2D eigenvalue weighted by molar-refractivity contribution is 0.909. The van der Waals surface area contributed by atoms with Crippen molar-refractivity contribution >= 4 is 43.4 Å². The van der Waals surface area contributed by atoms with Crippen molar-refractivity contribution in [3.05, 3.63) is 81.4 Å². The third-order valence-corrected chi connectivity index (χ3v) is 5.34.